The number of aromatic nitrogens is 5. The van der Waals surface area contributed by atoms with Gasteiger partial charge in [0.2, 0.25) is 5.95 Å². The number of benzene rings is 3. The number of anilines is 1. The number of ether oxygens (including phenoxy) is 1. The Labute approximate surface area is 298 Å². The number of aryl methyl sites for hydroxylation is 2. The number of aliphatic hydroxyl groups is 1. The van der Waals surface area contributed by atoms with Gasteiger partial charge in [0.1, 0.15) is 5.82 Å². The molecule has 0 radical (unpaired) electrons. The van der Waals surface area contributed by atoms with E-state index in [0.29, 0.717) is 60.0 Å². The minimum Gasteiger partial charge on any atom is -0.367 e. The fourth-order valence-electron chi connectivity index (χ4n) is 6.99. The van der Waals surface area contributed by atoms with E-state index in [1.54, 1.807) is 17.2 Å². The van der Waals surface area contributed by atoms with E-state index in [1.807, 2.05) is 53.2 Å². The number of alkyl halides is 3. The average Bonchev–Trinajstić information content (AvgIpc) is 3.79. The number of rotatable bonds is 11. The van der Waals surface area contributed by atoms with E-state index < -0.39 is 29.9 Å². The molecule has 4 heterocycles. The first-order valence-corrected chi connectivity index (χ1v) is 17.3. The van der Waals surface area contributed by atoms with Gasteiger partial charge in [-0.05, 0) is 48.1 Å². The van der Waals surface area contributed by atoms with Crippen molar-refractivity contribution in [2.45, 2.75) is 71.2 Å². The maximum Gasteiger partial charge on any atom is 0.419 e. The second-order valence-electron chi connectivity index (χ2n) is 13.0. The molecular formula is C39H39F4N7O2. The third kappa shape index (κ3) is 6.79. The van der Waals surface area contributed by atoms with Gasteiger partial charge >= 0.3 is 6.18 Å². The highest BCUT2D eigenvalue weighted by Crippen LogP contribution is 2.41. The fraction of sp³-hybridized carbons (Fsp3) is 0.308. The van der Waals surface area contributed by atoms with Crippen LogP contribution in [-0.4, -0.2) is 48.7 Å². The third-order valence-corrected chi connectivity index (χ3v) is 9.66. The van der Waals surface area contributed by atoms with E-state index >= 15 is 4.39 Å². The van der Waals surface area contributed by atoms with Gasteiger partial charge in [-0.2, -0.15) is 18.3 Å². The van der Waals surface area contributed by atoms with Crippen LogP contribution in [0.4, 0.5) is 23.5 Å². The number of nitrogens with zero attached hydrogens (tertiary/aromatic N) is 5. The van der Waals surface area contributed by atoms with E-state index in [-0.39, 0.29) is 19.1 Å². The standard InChI is InChI=1S/C39H39F4N7O2/c1-3-24-11-8-12-25(4-2)35(24)50-36(29-21-49(16-14-32(29)48-50)38-46-19-27(20-47-38)39(41,42)43)33-28-13-15-45-34(28)26(18-30(33)40)22-52-37(51)31(44)17-23-9-6-5-7-10-23/h5-13,15,18-20,31,37,45,51H,3-4,14,16-17,21-22,44H2,1-2H3/t31-,37?/m0/s1. The number of aliphatic hydroxyl groups excluding tert-OH is 1. The Morgan fingerprint density at radius 2 is 1.69 bits per heavy atom. The summed E-state index contributed by atoms with van der Waals surface area (Å²) in [5.41, 5.74) is 12.7. The van der Waals surface area contributed by atoms with Crippen LogP contribution in [0.3, 0.4) is 0 Å². The van der Waals surface area contributed by atoms with Crippen LogP contribution >= 0.6 is 0 Å². The number of hydrogen-bond donors (Lipinski definition) is 3. The van der Waals surface area contributed by atoms with Gasteiger partial charge in [0.25, 0.3) is 0 Å². The van der Waals surface area contributed by atoms with E-state index in [1.165, 1.54) is 6.07 Å². The predicted molar refractivity (Wildman–Crippen MR) is 190 cm³/mol. The summed E-state index contributed by atoms with van der Waals surface area (Å²) >= 11 is 0. The number of hydrogen-bond acceptors (Lipinski definition) is 7. The van der Waals surface area contributed by atoms with Gasteiger partial charge in [0, 0.05) is 60.2 Å². The van der Waals surface area contributed by atoms with E-state index in [4.69, 9.17) is 15.6 Å². The highest BCUT2D eigenvalue weighted by Gasteiger charge is 2.34. The zero-order chi connectivity index (χ0) is 36.6. The summed E-state index contributed by atoms with van der Waals surface area (Å²) in [6.07, 6.45) is -0.299. The van der Waals surface area contributed by atoms with Crippen molar-refractivity contribution < 1.29 is 27.4 Å². The van der Waals surface area contributed by atoms with Gasteiger partial charge in [0.15, 0.2) is 6.29 Å². The summed E-state index contributed by atoms with van der Waals surface area (Å²) < 4.78 is 64.4. The van der Waals surface area contributed by atoms with E-state index in [0.717, 1.165) is 46.0 Å². The molecule has 0 spiro atoms. The lowest BCUT2D eigenvalue weighted by Crippen LogP contribution is -2.38. The minimum absolute atomic E-state index is 0.104. The smallest absolute Gasteiger partial charge is 0.367 e. The summed E-state index contributed by atoms with van der Waals surface area (Å²) in [4.78, 5) is 13.1. The Kier molecular flexibility index (Phi) is 9.84. The molecule has 0 amide bonds. The molecule has 1 aliphatic heterocycles. The molecule has 0 bridgehead atoms. The minimum atomic E-state index is -4.56. The molecule has 6 aromatic rings. The molecule has 52 heavy (non-hydrogen) atoms. The predicted octanol–water partition coefficient (Wildman–Crippen LogP) is 7.06. The molecule has 0 aliphatic carbocycles. The lowest BCUT2D eigenvalue weighted by atomic mass is 9.95. The topological polar surface area (TPSA) is 118 Å². The lowest BCUT2D eigenvalue weighted by Gasteiger charge is -2.27. The van der Waals surface area contributed by atoms with Crippen molar-refractivity contribution in [3.05, 3.63) is 124 Å². The summed E-state index contributed by atoms with van der Waals surface area (Å²) in [5, 5.41) is 16.5. The number of fused-ring (bicyclic) bond motifs is 2. The number of H-pyrrole nitrogens is 1. The average molecular weight is 714 g/mol. The first-order valence-electron chi connectivity index (χ1n) is 17.3. The van der Waals surface area contributed by atoms with Crippen LogP contribution in [-0.2, 0) is 49.7 Å². The first kappa shape index (κ1) is 35.3. The van der Waals surface area contributed by atoms with Crippen LogP contribution in [0.15, 0.2) is 79.3 Å². The van der Waals surface area contributed by atoms with Gasteiger partial charge in [0.05, 0.1) is 40.8 Å². The summed E-state index contributed by atoms with van der Waals surface area (Å²) in [5.74, 6) is -0.378. The van der Waals surface area contributed by atoms with Crippen molar-refractivity contribution in [3.63, 3.8) is 0 Å². The normalized spacial score (nSPS) is 14.5. The Balaban J connectivity index is 1.30. The number of nitrogens with two attached hydrogens (primary N) is 1. The van der Waals surface area contributed by atoms with Crippen molar-refractivity contribution in [1.29, 1.82) is 0 Å². The Morgan fingerprint density at radius 1 is 0.981 bits per heavy atom. The Morgan fingerprint density at radius 3 is 2.37 bits per heavy atom. The van der Waals surface area contributed by atoms with Crippen molar-refractivity contribution in [1.82, 2.24) is 24.7 Å². The highest BCUT2D eigenvalue weighted by molar-refractivity contribution is 5.97. The SMILES string of the molecule is CCc1cccc(CC)c1-n1nc2c(c1-c1c(F)cc(COC(O)[C@@H](N)Cc3ccccc3)c3[nH]ccc13)CN(c1ncc(C(F)(F)F)cn1)CC2. The number of halogens is 4. The molecule has 270 valence electrons. The molecular weight excluding hydrogens is 674 g/mol. The molecule has 9 nitrogen and oxygen atoms in total. The lowest BCUT2D eigenvalue weighted by molar-refractivity contribution is -0.138. The molecule has 13 heteroatoms. The molecule has 1 unspecified atom stereocenters. The largest absolute Gasteiger partial charge is 0.419 e. The van der Waals surface area contributed by atoms with Gasteiger partial charge < -0.3 is 25.5 Å². The number of nitrogens with one attached hydrogen (secondary N) is 1. The zero-order valence-electron chi connectivity index (χ0n) is 28.8. The highest BCUT2D eigenvalue weighted by atomic mass is 19.4. The molecule has 3 aromatic carbocycles. The maximum absolute atomic E-state index is 16.9. The van der Waals surface area contributed by atoms with Crippen LogP contribution < -0.4 is 10.6 Å². The van der Waals surface area contributed by atoms with Gasteiger partial charge in [-0.25, -0.2) is 19.0 Å². The summed E-state index contributed by atoms with van der Waals surface area (Å²) in [6.45, 7) is 4.63. The van der Waals surface area contributed by atoms with E-state index in [9.17, 15) is 18.3 Å². The molecule has 4 N–H and O–H groups in total. The van der Waals surface area contributed by atoms with Gasteiger partial charge in [-0.15, -0.1) is 0 Å². The molecule has 2 atom stereocenters. The number of para-hydroxylation sites is 1. The second kappa shape index (κ2) is 14.5. The van der Waals surface area contributed by atoms with Crippen LogP contribution in [0.5, 0.6) is 0 Å². The fourth-order valence-corrected chi connectivity index (χ4v) is 6.99. The van der Waals surface area contributed by atoms with Crippen LogP contribution in [0.25, 0.3) is 27.8 Å². The van der Waals surface area contributed by atoms with E-state index in [2.05, 4.69) is 28.8 Å². The number of aromatic amines is 1. The molecule has 7 rings (SSSR count). The Hall–Kier alpha value is -5.11. The molecule has 3 aromatic heterocycles. The summed E-state index contributed by atoms with van der Waals surface area (Å²) in [7, 11) is 0. The molecule has 0 fully saturated rings. The quantitative estimate of drug-likeness (QED) is 0.0972. The van der Waals surface area contributed by atoms with Crippen molar-refractivity contribution >= 4 is 16.9 Å². The monoisotopic (exact) mass is 713 g/mol. The van der Waals surface area contributed by atoms with Crippen LogP contribution in [0.2, 0.25) is 0 Å². The van der Waals surface area contributed by atoms with Gasteiger partial charge in [-0.1, -0.05) is 62.4 Å². The zero-order valence-corrected chi connectivity index (χ0v) is 28.8. The summed E-state index contributed by atoms with van der Waals surface area (Å²) in [6, 6.07) is 18.1. The van der Waals surface area contributed by atoms with Gasteiger partial charge in [-0.3, -0.25) is 0 Å². The van der Waals surface area contributed by atoms with Crippen LogP contribution in [0.1, 0.15) is 52.9 Å². The van der Waals surface area contributed by atoms with Crippen molar-refractivity contribution in [2.24, 2.45) is 5.73 Å². The molecule has 0 saturated carbocycles. The first-order chi connectivity index (χ1) is 25.1. The van der Waals surface area contributed by atoms with Crippen molar-refractivity contribution in [3.8, 4) is 16.9 Å². The molecule has 1 aliphatic rings. The third-order valence-electron chi connectivity index (χ3n) is 9.66. The second-order valence-corrected chi connectivity index (χ2v) is 13.0. The van der Waals surface area contributed by atoms with Crippen molar-refractivity contribution in [2.75, 3.05) is 11.4 Å². The van der Waals surface area contributed by atoms with Crippen LogP contribution in [0, 0.1) is 5.82 Å². The molecule has 0 saturated heterocycles. The Bertz CT molecular complexity index is 2160. The maximum atomic E-state index is 16.9.